The predicted molar refractivity (Wildman–Crippen MR) is 99.9 cm³/mol. The van der Waals surface area contributed by atoms with E-state index in [-0.39, 0.29) is 41.5 Å². The Bertz CT molecular complexity index is 1130. The maximum Gasteiger partial charge on any atom is 0.338 e. The highest BCUT2D eigenvalue weighted by Crippen LogP contribution is 2.28. The predicted octanol–water partition coefficient (Wildman–Crippen LogP) is 3.01. The number of nitro benzene ring substituents is 1. The number of ether oxygens (including phenoxy) is 2. The zero-order valence-corrected chi connectivity index (χ0v) is 15.4. The van der Waals surface area contributed by atoms with Gasteiger partial charge in [-0.25, -0.2) is 9.78 Å². The maximum absolute atomic E-state index is 12.2. The molecule has 0 aliphatic carbocycles. The first-order valence-corrected chi connectivity index (χ1v) is 8.53. The fraction of sp³-hybridized carbons (Fsp3) is 0.167. The number of hydrogen-bond donors (Lipinski definition) is 0. The highest BCUT2D eigenvalue weighted by Gasteiger charge is 2.19. The summed E-state index contributed by atoms with van der Waals surface area (Å²) in [7, 11) is 0. The molecule has 2 heterocycles. The monoisotopic (exact) mass is 403 g/mol. The van der Waals surface area contributed by atoms with Crippen molar-refractivity contribution in [2.75, 3.05) is 6.61 Å². The summed E-state index contributed by atoms with van der Waals surface area (Å²) in [5, 5.41) is 11.5. The number of nitro groups is 1. The molecule has 0 N–H and O–H groups in total. The molecule has 0 radical (unpaired) electrons. The summed E-state index contributed by atoms with van der Waals surface area (Å²) >= 11 is 5.85. The molecule has 0 spiro atoms. The van der Waals surface area contributed by atoms with Gasteiger partial charge < -0.3 is 9.47 Å². The normalized spacial score (nSPS) is 10.6. The van der Waals surface area contributed by atoms with Crippen molar-refractivity contribution in [1.82, 2.24) is 9.38 Å². The lowest BCUT2D eigenvalue weighted by Gasteiger charge is -2.08. The molecule has 0 aliphatic rings. The molecule has 9 nitrogen and oxygen atoms in total. The molecule has 0 unspecified atom stereocenters. The Morgan fingerprint density at radius 2 is 2.07 bits per heavy atom. The topological polar surface area (TPSA) is 113 Å². The van der Waals surface area contributed by atoms with Crippen LogP contribution in [0.2, 0.25) is 5.02 Å². The van der Waals surface area contributed by atoms with Crippen LogP contribution in [0.25, 0.3) is 5.65 Å². The van der Waals surface area contributed by atoms with E-state index < -0.39 is 10.9 Å². The van der Waals surface area contributed by atoms with E-state index >= 15 is 0 Å². The van der Waals surface area contributed by atoms with Crippen molar-refractivity contribution in [1.29, 1.82) is 0 Å². The highest BCUT2D eigenvalue weighted by atomic mass is 35.5. The van der Waals surface area contributed by atoms with Crippen molar-refractivity contribution >= 4 is 28.9 Å². The molecule has 0 aliphatic heterocycles. The standard InChI is InChI=1S/C18H14ClN3O6/c1-2-27-15-5-3-11(7-14(15)22(25)26)18(24)28-10-13-8-17(23)21-9-12(19)4-6-16(21)20-13/h3-9H,2,10H2,1H3. The van der Waals surface area contributed by atoms with Crippen LogP contribution in [0.15, 0.2) is 47.4 Å². The fourth-order valence-corrected chi connectivity index (χ4v) is 2.65. The minimum Gasteiger partial charge on any atom is -0.487 e. The molecule has 10 heteroatoms. The first kappa shape index (κ1) is 19.3. The summed E-state index contributed by atoms with van der Waals surface area (Å²) < 4.78 is 11.6. The first-order valence-electron chi connectivity index (χ1n) is 8.15. The van der Waals surface area contributed by atoms with Crippen LogP contribution in [0.4, 0.5) is 5.69 Å². The van der Waals surface area contributed by atoms with Gasteiger partial charge in [-0.05, 0) is 31.2 Å². The van der Waals surface area contributed by atoms with E-state index in [0.29, 0.717) is 10.7 Å². The van der Waals surface area contributed by atoms with E-state index in [4.69, 9.17) is 21.1 Å². The number of benzene rings is 1. The number of hydrogen-bond acceptors (Lipinski definition) is 7. The van der Waals surface area contributed by atoms with Gasteiger partial charge >= 0.3 is 11.7 Å². The molecule has 0 fully saturated rings. The summed E-state index contributed by atoms with van der Waals surface area (Å²) in [5.41, 5.74) is -0.147. The Hall–Kier alpha value is -3.46. The molecule has 0 bridgehead atoms. The van der Waals surface area contributed by atoms with E-state index in [1.807, 2.05) is 0 Å². The second-order valence-electron chi connectivity index (χ2n) is 5.61. The minimum atomic E-state index is -0.788. The van der Waals surface area contributed by atoms with Crippen molar-refractivity contribution < 1.29 is 19.2 Å². The summed E-state index contributed by atoms with van der Waals surface area (Å²) in [6.45, 7) is 1.67. The SMILES string of the molecule is CCOc1ccc(C(=O)OCc2cc(=O)n3cc(Cl)ccc3n2)cc1[N+](=O)[O-]. The second kappa shape index (κ2) is 8.05. The number of nitrogens with zero attached hydrogens (tertiary/aromatic N) is 3. The van der Waals surface area contributed by atoms with Crippen LogP contribution in [-0.4, -0.2) is 26.9 Å². The molecule has 144 valence electrons. The lowest BCUT2D eigenvalue weighted by atomic mass is 10.2. The Morgan fingerprint density at radius 1 is 1.29 bits per heavy atom. The number of halogens is 1. The van der Waals surface area contributed by atoms with Crippen molar-refractivity contribution in [3.63, 3.8) is 0 Å². The summed E-state index contributed by atoms with van der Waals surface area (Å²) in [6.07, 6.45) is 1.43. The van der Waals surface area contributed by atoms with E-state index in [2.05, 4.69) is 4.98 Å². The van der Waals surface area contributed by atoms with Gasteiger partial charge in [0.15, 0.2) is 5.75 Å². The van der Waals surface area contributed by atoms with E-state index in [0.717, 1.165) is 6.07 Å². The van der Waals surface area contributed by atoms with Crippen molar-refractivity contribution in [2.24, 2.45) is 0 Å². The molecule has 0 amide bonds. The third kappa shape index (κ3) is 4.09. The molecule has 0 saturated heterocycles. The number of pyridine rings is 1. The third-order valence-electron chi connectivity index (χ3n) is 3.72. The maximum atomic E-state index is 12.2. The van der Waals surface area contributed by atoms with Crippen molar-refractivity contribution in [2.45, 2.75) is 13.5 Å². The molecule has 3 aromatic rings. The average Bonchev–Trinajstić information content (AvgIpc) is 2.67. The third-order valence-corrected chi connectivity index (χ3v) is 3.94. The van der Waals surface area contributed by atoms with Gasteiger partial charge in [0.1, 0.15) is 12.3 Å². The molecule has 28 heavy (non-hydrogen) atoms. The number of carbonyl (C=O) groups is 1. The number of esters is 1. The lowest BCUT2D eigenvalue weighted by molar-refractivity contribution is -0.385. The van der Waals surface area contributed by atoms with E-state index in [9.17, 15) is 19.7 Å². The zero-order chi connectivity index (χ0) is 20.3. The lowest BCUT2D eigenvalue weighted by Crippen LogP contribution is -2.16. The van der Waals surface area contributed by atoms with Gasteiger partial charge in [0.05, 0.1) is 27.8 Å². The highest BCUT2D eigenvalue weighted by molar-refractivity contribution is 6.30. The number of aromatic nitrogens is 2. The smallest absolute Gasteiger partial charge is 0.338 e. The van der Waals surface area contributed by atoms with Gasteiger partial charge in [-0.1, -0.05) is 11.6 Å². The fourth-order valence-electron chi connectivity index (χ4n) is 2.49. The van der Waals surface area contributed by atoms with Crippen LogP contribution in [0.5, 0.6) is 5.75 Å². The summed E-state index contributed by atoms with van der Waals surface area (Å²) in [4.78, 5) is 39.1. The van der Waals surface area contributed by atoms with E-state index in [1.54, 1.807) is 19.1 Å². The van der Waals surface area contributed by atoms with Crippen LogP contribution < -0.4 is 10.3 Å². The molecular formula is C18H14ClN3O6. The number of rotatable bonds is 6. The van der Waals surface area contributed by atoms with Crippen LogP contribution in [0.1, 0.15) is 23.0 Å². The Morgan fingerprint density at radius 3 is 2.79 bits per heavy atom. The first-order chi connectivity index (χ1) is 13.4. The minimum absolute atomic E-state index is 0.0144. The van der Waals surface area contributed by atoms with Crippen LogP contribution in [-0.2, 0) is 11.3 Å². The molecule has 0 saturated carbocycles. The average molecular weight is 404 g/mol. The van der Waals surface area contributed by atoms with Crippen molar-refractivity contribution in [3.8, 4) is 5.75 Å². The Balaban J connectivity index is 1.80. The molecule has 0 atom stereocenters. The van der Waals surface area contributed by atoms with Crippen LogP contribution in [0.3, 0.4) is 0 Å². The van der Waals surface area contributed by atoms with Gasteiger partial charge in [-0.3, -0.25) is 19.3 Å². The quantitative estimate of drug-likeness (QED) is 0.353. The number of fused-ring (bicyclic) bond motifs is 1. The molecule has 3 rings (SSSR count). The second-order valence-corrected chi connectivity index (χ2v) is 6.05. The van der Waals surface area contributed by atoms with Gasteiger partial charge in [0, 0.05) is 18.3 Å². The van der Waals surface area contributed by atoms with Gasteiger partial charge in [-0.15, -0.1) is 0 Å². The molecule has 2 aromatic heterocycles. The Labute approximate surface area is 163 Å². The summed E-state index contributed by atoms with van der Waals surface area (Å²) in [5.74, 6) is -0.726. The zero-order valence-electron chi connectivity index (χ0n) is 14.6. The molecular weight excluding hydrogens is 390 g/mol. The van der Waals surface area contributed by atoms with Gasteiger partial charge in [-0.2, -0.15) is 0 Å². The van der Waals surface area contributed by atoms with E-state index in [1.165, 1.54) is 28.8 Å². The van der Waals surface area contributed by atoms with Crippen LogP contribution in [0, 0.1) is 10.1 Å². The van der Waals surface area contributed by atoms with Crippen molar-refractivity contribution in [3.05, 3.63) is 79.3 Å². The largest absolute Gasteiger partial charge is 0.487 e. The number of carbonyl (C=O) groups excluding carboxylic acids is 1. The summed E-state index contributed by atoms with van der Waals surface area (Å²) in [6, 6.07) is 8.14. The van der Waals surface area contributed by atoms with Gasteiger partial charge in [0.25, 0.3) is 5.56 Å². The Kier molecular flexibility index (Phi) is 5.55. The van der Waals surface area contributed by atoms with Gasteiger partial charge in [0.2, 0.25) is 0 Å². The van der Waals surface area contributed by atoms with Crippen LogP contribution >= 0.6 is 11.6 Å². The molecule has 1 aromatic carbocycles.